The topological polar surface area (TPSA) is 58.6 Å². The monoisotopic (exact) mass is 242 g/mol. The zero-order valence-corrected chi connectivity index (χ0v) is 10.9. The average Bonchev–Trinajstić information content (AvgIpc) is 2.30. The van der Waals surface area contributed by atoms with Crippen LogP contribution in [0.1, 0.15) is 32.6 Å². The smallest absolute Gasteiger partial charge is 0.409 e. The van der Waals surface area contributed by atoms with E-state index in [2.05, 4.69) is 17.0 Å². The molecule has 1 N–H and O–H groups in total. The zero-order valence-electron chi connectivity index (χ0n) is 10.9. The lowest BCUT2D eigenvalue weighted by molar-refractivity contribution is -0.122. The second-order valence-corrected chi connectivity index (χ2v) is 4.85. The molecule has 1 aliphatic rings. The van der Waals surface area contributed by atoms with Gasteiger partial charge < -0.3 is 15.0 Å². The van der Waals surface area contributed by atoms with Gasteiger partial charge in [0.05, 0.1) is 7.11 Å². The summed E-state index contributed by atoms with van der Waals surface area (Å²) in [6, 6.07) is 0.268. The van der Waals surface area contributed by atoms with E-state index in [1.807, 2.05) is 0 Å². The van der Waals surface area contributed by atoms with Crippen LogP contribution in [0.5, 0.6) is 0 Å². The molecule has 1 rings (SSSR count). The van der Waals surface area contributed by atoms with Crippen LogP contribution in [0.3, 0.4) is 0 Å². The van der Waals surface area contributed by atoms with Gasteiger partial charge in [0, 0.05) is 13.1 Å². The third kappa shape index (κ3) is 4.63. The van der Waals surface area contributed by atoms with Crippen molar-refractivity contribution < 1.29 is 14.3 Å². The summed E-state index contributed by atoms with van der Waals surface area (Å²) in [4.78, 5) is 24.0. The lowest BCUT2D eigenvalue weighted by Gasteiger charge is -2.27. The van der Waals surface area contributed by atoms with E-state index < -0.39 is 6.09 Å². The third-order valence-electron chi connectivity index (χ3n) is 3.25. The second-order valence-electron chi connectivity index (χ2n) is 4.85. The molecule has 0 spiro atoms. The van der Waals surface area contributed by atoms with Crippen molar-refractivity contribution in [2.45, 2.75) is 38.6 Å². The summed E-state index contributed by atoms with van der Waals surface area (Å²) < 4.78 is 4.52. The van der Waals surface area contributed by atoms with Gasteiger partial charge in [0.2, 0.25) is 5.91 Å². The SMILES string of the molecule is COC(=O)N(C)CC(=O)NC1CCC(C)CC1. The van der Waals surface area contributed by atoms with Crippen LogP contribution in [0.15, 0.2) is 0 Å². The summed E-state index contributed by atoms with van der Waals surface area (Å²) in [5, 5.41) is 2.96. The zero-order chi connectivity index (χ0) is 12.8. The van der Waals surface area contributed by atoms with Crippen LogP contribution in [0, 0.1) is 5.92 Å². The molecular weight excluding hydrogens is 220 g/mol. The Morgan fingerprint density at radius 3 is 2.41 bits per heavy atom. The number of hydrogen-bond acceptors (Lipinski definition) is 3. The van der Waals surface area contributed by atoms with Crippen LogP contribution in [0.25, 0.3) is 0 Å². The number of methoxy groups -OCH3 is 1. The first kappa shape index (κ1) is 13.8. The number of carbonyl (C=O) groups excluding carboxylic acids is 2. The lowest BCUT2D eigenvalue weighted by Crippen LogP contribution is -2.43. The molecule has 0 bridgehead atoms. The van der Waals surface area contributed by atoms with Gasteiger partial charge in [0.15, 0.2) is 0 Å². The Bertz CT molecular complexity index is 273. The molecule has 1 fully saturated rings. The van der Waals surface area contributed by atoms with Crippen LogP contribution in [-0.4, -0.2) is 43.6 Å². The van der Waals surface area contributed by atoms with Crippen molar-refractivity contribution in [1.29, 1.82) is 0 Å². The Morgan fingerprint density at radius 2 is 1.88 bits per heavy atom. The van der Waals surface area contributed by atoms with Gasteiger partial charge in [0.25, 0.3) is 0 Å². The van der Waals surface area contributed by atoms with E-state index in [-0.39, 0.29) is 18.5 Å². The molecule has 2 amide bonds. The predicted molar refractivity (Wildman–Crippen MR) is 64.6 cm³/mol. The van der Waals surface area contributed by atoms with E-state index in [1.54, 1.807) is 7.05 Å². The normalized spacial score (nSPS) is 23.9. The van der Waals surface area contributed by atoms with E-state index in [9.17, 15) is 9.59 Å². The summed E-state index contributed by atoms with van der Waals surface area (Å²) in [5.74, 6) is 0.651. The highest BCUT2D eigenvalue weighted by atomic mass is 16.5. The molecule has 5 heteroatoms. The second kappa shape index (κ2) is 6.47. The first-order chi connectivity index (χ1) is 8.02. The summed E-state index contributed by atoms with van der Waals surface area (Å²) in [7, 11) is 2.85. The molecule has 0 aromatic heterocycles. The fourth-order valence-corrected chi connectivity index (χ4v) is 2.11. The maximum absolute atomic E-state index is 11.7. The maximum Gasteiger partial charge on any atom is 0.409 e. The highest BCUT2D eigenvalue weighted by molar-refractivity contribution is 5.82. The van der Waals surface area contributed by atoms with E-state index in [0.717, 1.165) is 31.6 Å². The Balaban J connectivity index is 2.27. The van der Waals surface area contributed by atoms with Crippen LogP contribution in [0.2, 0.25) is 0 Å². The first-order valence-electron chi connectivity index (χ1n) is 6.11. The lowest BCUT2D eigenvalue weighted by atomic mass is 9.87. The van der Waals surface area contributed by atoms with E-state index in [4.69, 9.17) is 0 Å². The standard InChI is InChI=1S/C12H22N2O3/c1-9-4-6-10(7-5-9)13-11(15)8-14(2)12(16)17-3/h9-10H,4-8H2,1-3H3,(H,13,15). The van der Waals surface area contributed by atoms with Crippen molar-refractivity contribution >= 4 is 12.0 Å². The number of amides is 2. The number of nitrogens with one attached hydrogen (secondary N) is 1. The molecule has 5 nitrogen and oxygen atoms in total. The molecule has 1 aliphatic carbocycles. The van der Waals surface area contributed by atoms with Crippen molar-refractivity contribution in [3.05, 3.63) is 0 Å². The molecular formula is C12H22N2O3. The van der Waals surface area contributed by atoms with Gasteiger partial charge in [-0.2, -0.15) is 0 Å². The predicted octanol–water partition coefficient (Wildman–Crippen LogP) is 1.38. The summed E-state index contributed by atoms with van der Waals surface area (Å²) in [5.41, 5.74) is 0. The quantitative estimate of drug-likeness (QED) is 0.813. The van der Waals surface area contributed by atoms with Crippen molar-refractivity contribution in [3.8, 4) is 0 Å². The van der Waals surface area contributed by atoms with Gasteiger partial charge >= 0.3 is 6.09 Å². The van der Waals surface area contributed by atoms with Crippen molar-refractivity contribution in [1.82, 2.24) is 10.2 Å². The largest absolute Gasteiger partial charge is 0.453 e. The Hall–Kier alpha value is -1.26. The Morgan fingerprint density at radius 1 is 1.29 bits per heavy atom. The molecule has 17 heavy (non-hydrogen) atoms. The number of rotatable bonds is 3. The Labute approximate surface area is 102 Å². The van der Waals surface area contributed by atoms with Gasteiger partial charge in [-0.15, -0.1) is 0 Å². The molecule has 1 saturated carbocycles. The van der Waals surface area contributed by atoms with Crippen molar-refractivity contribution in [2.75, 3.05) is 20.7 Å². The number of ether oxygens (including phenoxy) is 1. The highest BCUT2D eigenvalue weighted by Gasteiger charge is 2.21. The Kier molecular flexibility index (Phi) is 5.25. The minimum atomic E-state index is -0.489. The van der Waals surface area contributed by atoms with Crippen molar-refractivity contribution in [3.63, 3.8) is 0 Å². The first-order valence-corrected chi connectivity index (χ1v) is 6.11. The van der Waals surface area contributed by atoms with Crippen LogP contribution < -0.4 is 5.32 Å². The summed E-state index contributed by atoms with van der Waals surface area (Å²) in [6.45, 7) is 2.29. The minimum absolute atomic E-state index is 0.0543. The van der Waals surface area contributed by atoms with E-state index in [0.29, 0.717) is 0 Å². The van der Waals surface area contributed by atoms with E-state index >= 15 is 0 Å². The van der Waals surface area contributed by atoms with Gasteiger partial charge in [0.1, 0.15) is 6.54 Å². The number of nitrogens with zero attached hydrogens (tertiary/aromatic N) is 1. The minimum Gasteiger partial charge on any atom is -0.453 e. The summed E-state index contributed by atoms with van der Waals surface area (Å²) in [6.07, 6.45) is 3.91. The van der Waals surface area contributed by atoms with Crippen LogP contribution >= 0.6 is 0 Å². The van der Waals surface area contributed by atoms with Crippen LogP contribution in [-0.2, 0) is 9.53 Å². The molecule has 0 heterocycles. The number of likely N-dealkylation sites (N-methyl/N-ethyl adjacent to an activating group) is 1. The highest BCUT2D eigenvalue weighted by Crippen LogP contribution is 2.23. The molecule has 0 aliphatic heterocycles. The fraction of sp³-hybridized carbons (Fsp3) is 0.833. The molecule has 0 aromatic carbocycles. The molecule has 0 atom stereocenters. The maximum atomic E-state index is 11.7. The van der Waals surface area contributed by atoms with Gasteiger partial charge in [-0.25, -0.2) is 4.79 Å². The van der Waals surface area contributed by atoms with Gasteiger partial charge in [-0.05, 0) is 31.6 Å². The molecule has 0 saturated heterocycles. The van der Waals surface area contributed by atoms with Crippen molar-refractivity contribution in [2.24, 2.45) is 5.92 Å². The van der Waals surface area contributed by atoms with Gasteiger partial charge in [-0.1, -0.05) is 6.92 Å². The molecule has 98 valence electrons. The number of hydrogen-bond donors (Lipinski definition) is 1. The summed E-state index contributed by atoms with van der Waals surface area (Å²) >= 11 is 0. The average molecular weight is 242 g/mol. The molecule has 0 unspecified atom stereocenters. The van der Waals surface area contributed by atoms with Gasteiger partial charge in [-0.3, -0.25) is 4.79 Å². The number of carbonyl (C=O) groups is 2. The third-order valence-corrected chi connectivity index (χ3v) is 3.25. The van der Waals surface area contributed by atoms with E-state index in [1.165, 1.54) is 12.0 Å². The fourth-order valence-electron chi connectivity index (χ4n) is 2.11. The molecule has 0 radical (unpaired) electrons. The van der Waals surface area contributed by atoms with Crippen LogP contribution in [0.4, 0.5) is 4.79 Å². The molecule has 0 aromatic rings.